The Morgan fingerprint density at radius 2 is 1.71 bits per heavy atom. The summed E-state index contributed by atoms with van der Waals surface area (Å²) in [5, 5.41) is 2.28. The smallest absolute Gasteiger partial charge is 0.423 e. The lowest BCUT2D eigenvalue weighted by molar-refractivity contribution is -0.202. The van der Waals surface area contributed by atoms with Crippen LogP contribution in [0.1, 0.15) is 72.7 Å². The molecule has 0 spiro atoms. The van der Waals surface area contributed by atoms with Gasteiger partial charge in [0.25, 0.3) is 5.91 Å². The van der Waals surface area contributed by atoms with E-state index in [4.69, 9.17) is 4.74 Å². The summed E-state index contributed by atoms with van der Waals surface area (Å²) in [6.07, 6.45) is -1.27. The largest absolute Gasteiger partial charge is 0.491 e. The molecule has 1 unspecified atom stereocenters. The average molecular weight is 577 g/mol. The second-order valence-corrected chi connectivity index (χ2v) is 10.7. The maximum absolute atomic E-state index is 13.2. The number of hydrogen-bond acceptors (Lipinski definition) is 7. The number of carbonyl (C=O) groups is 4. The fraction of sp³-hybridized carbons (Fsp3) is 0.467. The number of nitrogens with zero attached hydrogens (tertiary/aromatic N) is 1. The van der Waals surface area contributed by atoms with Gasteiger partial charge in [0.15, 0.2) is 0 Å². The molecular weight excluding hydrogens is 541 g/mol. The van der Waals surface area contributed by atoms with Gasteiger partial charge in [-0.25, -0.2) is 14.4 Å². The lowest BCUT2D eigenvalue weighted by Gasteiger charge is -2.35. The summed E-state index contributed by atoms with van der Waals surface area (Å²) in [7, 11) is 2.10. The predicted molar refractivity (Wildman–Crippen MR) is 144 cm³/mol. The molecule has 8 nitrogen and oxygen atoms in total. The number of carbonyl (C=O) groups excluding carboxylic acids is 4. The quantitative estimate of drug-likeness (QED) is 0.266. The molecule has 2 atom stereocenters. The Kier molecular flexibility index (Phi) is 10.3. The topological polar surface area (TPSA) is 102 Å². The Balaban J connectivity index is 1.81. The summed E-state index contributed by atoms with van der Waals surface area (Å²) < 4.78 is 47.3. The van der Waals surface area contributed by atoms with Crippen LogP contribution in [-0.4, -0.2) is 61.1 Å². The van der Waals surface area contributed by atoms with Crippen molar-refractivity contribution >= 4 is 23.8 Å². The van der Waals surface area contributed by atoms with Crippen LogP contribution in [0.4, 0.5) is 13.2 Å². The van der Waals surface area contributed by atoms with E-state index in [-0.39, 0.29) is 16.5 Å². The van der Waals surface area contributed by atoms with E-state index in [1.54, 1.807) is 6.07 Å². The number of esters is 3. The molecule has 3 rings (SSSR count). The fourth-order valence-corrected chi connectivity index (χ4v) is 5.09. The molecule has 41 heavy (non-hydrogen) atoms. The van der Waals surface area contributed by atoms with E-state index in [0.717, 1.165) is 44.3 Å². The van der Waals surface area contributed by atoms with Crippen LogP contribution >= 0.6 is 0 Å². The molecule has 11 heteroatoms. The van der Waals surface area contributed by atoms with Crippen LogP contribution in [0.15, 0.2) is 48.5 Å². The Hall–Kier alpha value is -3.73. The zero-order valence-corrected chi connectivity index (χ0v) is 23.5. The van der Waals surface area contributed by atoms with Crippen molar-refractivity contribution < 1.29 is 41.8 Å². The Morgan fingerprint density at radius 3 is 2.34 bits per heavy atom. The second kappa shape index (κ2) is 13.3. The maximum atomic E-state index is 13.2. The molecule has 1 heterocycles. The molecule has 0 saturated carbocycles. The molecular formula is C30H35F3N2O6. The van der Waals surface area contributed by atoms with Gasteiger partial charge in [-0.1, -0.05) is 51.5 Å². The van der Waals surface area contributed by atoms with Crippen molar-refractivity contribution in [3.05, 3.63) is 65.2 Å². The zero-order chi connectivity index (χ0) is 30.4. The minimum atomic E-state index is -5.38. The van der Waals surface area contributed by atoms with Gasteiger partial charge >= 0.3 is 24.1 Å². The van der Waals surface area contributed by atoms with Gasteiger partial charge in [0.2, 0.25) is 0 Å². The van der Waals surface area contributed by atoms with E-state index in [2.05, 4.69) is 28.9 Å². The standard InChI is InChI=1S/C30H35F3N2O6/c1-5-29(15-8-9-16-35(4)18-29)20-11-10-12-21(17-20)40-26(37)23-14-7-6-13-22(23)25(36)34-24(19(2)3)27(38)41-28(39)30(31,32)33/h6-7,10-14,17,19,24H,5,8-9,15-16,18H2,1-4H3,(H,34,36)/t24-,29?/m0/s1. The first-order valence-electron chi connectivity index (χ1n) is 13.5. The number of likely N-dealkylation sites (tertiary alicyclic amines) is 1. The Labute approximate surface area is 237 Å². The summed E-state index contributed by atoms with van der Waals surface area (Å²) in [4.78, 5) is 52.0. The first-order chi connectivity index (χ1) is 19.3. The molecule has 0 aromatic heterocycles. The summed E-state index contributed by atoms with van der Waals surface area (Å²) in [6, 6.07) is 11.4. The van der Waals surface area contributed by atoms with Crippen molar-refractivity contribution in [2.45, 2.75) is 64.1 Å². The van der Waals surface area contributed by atoms with Gasteiger partial charge in [-0.15, -0.1) is 0 Å². The number of rotatable bonds is 8. The zero-order valence-electron chi connectivity index (χ0n) is 23.5. The highest BCUT2D eigenvalue weighted by atomic mass is 19.4. The molecule has 222 valence electrons. The van der Waals surface area contributed by atoms with Crippen LogP contribution < -0.4 is 10.1 Å². The Bertz CT molecular complexity index is 1280. The van der Waals surface area contributed by atoms with E-state index < -0.39 is 42.0 Å². The lowest BCUT2D eigenvalue weighted by Crippen LogP contribution is -2.47. The van der Waals surface area contributed by atoms with Gasteiger partial charge in [0.05, 0.1) is 11.1 Å². The number of likely N-dealkylation sites (N-methyl/N-ethyl adjacent to an activating group) is 1. The van der Waals surface area contributed by atoms with Gasteiger partial charge in [-0.3, -0.25) is 4.79 Å². The molecule has 1 aliphatic rings. The molecule has 1 N–H and O–H groups in total. The predicted octanol–water partition coefficient (Wildman–Crippen LogP) is 5.06. The normalized spacial score (nSPS) is 18.7. The summed E-state index contributed by atoms with van der Waals surface area (Å²) in [6.45, 7) is 6.94. The van der Waals surface area contributed by atoms with E-state index in [1.165, 1.54) is 38.1 Å². The van der Waals surface area contributed by atoms with Gasteiger partial charge in [0.1, 0.15) is 11.8 Å². The summed E-state index contributed by atoms with van der Waals surface area (Å²) in [5.74, 6) is -6.43. The van der Waals surface area contributed by atoms with Gasteiger partial charge in [-0.05, 0) is 68.6 Å². The van der Waals surface area contributed by atoms with Crippen molar-refractivity contribution in [2.24, 2.45) is 5.92 Å². The Morgan fingerprint density at radius 1 is 1.02 bits per heavy atom. The second-order valence-electron chi connectivity index (χ2n) is 10.7. The summed E-state index contributed by atoms with van der Waals surface area (Å²) in [5.41, 5.74) is 0.679. The van der Waals surface area contributed by atoms with E-state index in [0.29, 0.717) is 5.75 Å². The van der Waals surface area contributed by atoms with Crippen LogP contribution in [0, 0.1) is 5.92 Å². The highest BCUT2D eigenvalue weighted by Gasteiger charge is 2.44. The third kappa shape index (κ3) is 7.93. The van der Waals surface area contributed by atoms with Crippen molar-refractivity contribution in [1.82, 2.24) is 10.2 Å². The van der Waals surface area contributed by atoms with Gasteiger partial charge in [-0.2, -0.15) is 13.2 Å². The first kappa shape index (κ1) is 31.8. The summed E-state index contributed by atoms with van der Waals surface area (Å²) >= 11 is 0. The highest BCUT2D eigenvalue weighted by Crippen LogP contribution is 2.37. The highest BCUT2D eigenvalue weighted by molar-refractivity contribution is 6.07. The average Bonchev–Trinajstić information content (AvgIpc) is 3.12. The minimum absolute atomic E-state index is 0.0978. The molecule has 1 aliphatic heterocycles. The molecule has 2 aromatic carbocycles. The molecule has 0 aliphatic carbocycles. The van der Waals surface area contributed by atoms with Gasteiger partial charge < -0.3 is 19.7 Å². The number of ether oxygens (including phenoxy) is 2. The minimum Gasteiger partial charge on any atom is -0.423 e. The molecule has 1 fully saturated rings. The van der Waals surface area contributed by atoms with Crippen LogP contribution in [0.2, 0.25) is 0 Å². The number of hydrogen-bond donors (Lipinski definition) is 1. The van der Waals surface area contributed by atoms with Crippen LogP contribution in [-0.2, 0) is 19.7 Å². The number of nitrogens with one attached hydrogen (secondary N) is 1. The molecule has 2 aromatic rings. The van der Waals surface area contributed by atoms with E-state index >= 15 is 0 Å². The van der Waals surface area contributed by atoms with Crippen LogP contribution in [0.25, 0.3) is 0 Å². The number of benzene rings is 2. The molecule has 1 amide bonds. The lowest BCUT2D eigenvalue weighted by atomic mass is 9.74. The SMILES string of the molecule is CCC1(c2cccc(OC(=O)c3ccccc3C(=O)N[C@H](C(=O)OC(=O)C(F)(F)F)C(C)C)c2)CCCCN(C)C1. The number of amides is 1. The number of alkyl halides is 3. The van der Waals surface area contributed by atoms with Crippen molar-refractivity contribution in [3.8, 4) is 5.75 Å². The van der Waals surface area contributed by atoms with E-state index in [1.807, 2.05) is 18.2 Å². The fourth-order valence-electron chi connectivity index (χ4n) is 5.09. The molecule has 0 bridgehead atoms. The maximum Gasteiger partial charge on any atom is 0.491 e. The third-order valence-corrected chi connectivity index (χ3v) is 7.38. The molecule has 0 radical (unpaired) electrons. The van der Waals surface area contributed by atoms with Crippen LogP contribution in [0.5, 0.6) is 5.75 Å². The van der Waals surface area contributed by atoms with Crippen LogP contribution in [0.3, 0.4) is 0 Å². The van der Waals surface area contributed by atoms with E-state index in [9.17, 15) is 32.3 Å². The third-order valence-electron chi connectivity index (χ3n) is 7.38. The number of halogens is 3. The molecule has 1 saturated heterocycles. The monoisotopic (exact) mass is 576 g/mol. The van der Waals surface area contributed by atoms with Crippen molar-refractivity contribution in [1.29, 1.82) is 0 Å². The van der Waals surface area contributed by atoms with Gasteiger partial charge in [0, 0.05) is 12.0 Å². The van der Waals surface area contributed by atoms with Crippen molar-refractivity contribution in [2.75, 3.05) is 20.1 Å². The van der Waals surface area contributed by atoms with Crippen molar-refractivity contribution in [3.63, 3.8) is 0 Å². The first-order valence-corrected chi connectivity index (χ1v) is 13.5.